The van der Waals surface area contributed by atoms with Crippen LogP contribution >= 0.6 is 12.2 Å². The minimum atomic E-state index is -0.668. The van der Waals surface area contributed by atoms with Crippen LogP contribution in [-0.4, -0.2) is 29.8 Å². The number of ketones is 1. The Bertz CT molecular complexity index is 1090. The van der Waals surface area contributed by atoms with Crippen LogP contribution in [0.4, 0.5) is 10.5 Å². The molecular weight excluding hydrogens is 410 g/mol. The van der Waals surface area contributed by atoms with Crippen molar-refractivity contribution < 1.29 is 14.3 Å². The SMILES string of the molecule is COC(=O)NC(=S)Nc1ccc(C(=O)c2ccccc2)c(CC2=CC(=N)C(C)C=C2)c1. The average molecular weight is 434 g/mol. The third kappa shape index (κ3) is 5.73. The van der Waals surface area contributed by atoms with Gasteiger partial charge in [0, 0.05) is 28.4 Å². The van der Waals surface area contributed by atoms with Crippen molar-refractivity contribution in [1.29, 1.82) is 5.41 Å². The maximum Gasteiger partial charge on any atom is 0.413 e. The first-order valence-corrected chi connectivity index (χ1v) is 10.1. The fourth-order valence-electron chi connectivity index (χ4n) is 3.17. The van der Waals surface area contributed by atoms with Gasteiger partial charge in [0.2, 0.25) is 0 Å². The zero-order valence-electron chi connectivity index (χ0n) is 17.3. The number of carbonyl (C=O) groups excluding carboxylic acids is 2. The van der Waals surface area contributed by atoms with Gasteiger partial charge in [0.05, 0.1) is 7.11 Å². The number of carbonyl (C=O) groups is 2. The summed E-state index contributed by atoms with van der Waals surface area (Å²) in [5.41, 5.74) is 4.07. The van der Waals surface area contributed by atoms with Gasteiger partial charge in [-0.15, -0.1) is 0 Å². The number of hydrogen-bond donors (Lipinski definition) is 3. The number of ether oxygens (including phenoxy) is 1. The summed E-state index contributed by atoms with van der Waals surface area (Å²) in [7, 11) is 1.25. The summed E-state index contributed by atoms with van der Waals surface area (Å²) in [5, 5.41) is 13.5. The summed E-state index contributed by atoms with van der Waals surface area (Å²) in [6, 6.07) is 14.4. The molecule has 0 spiro atoms. The van der Waals surface area contributed by atoms with E-state index in [0.29, 0.717) is 28.9 Å². The van der Waals surface area contributed by atoms with E-state index in [9.17, 15) is 9.59 Å². The van der Waals surface area contributed by atoms with Crippen molar-refractivity contribution >= 4 is 40.6 Å². The van der Waals surface area contributed by atoms with Crippen molar-refractivity contribution in [1.82, 2.24) is 5.32 Å². The van der Waals surface area contributed by atoms with E-state index >= 15 is 0 Å². The molecular formula is C24H23N3O3S. The molecule has 1 unspecified atom stereocenters. The smallest absolute Gasteiger partial charge is 0.413 e. The van der Waals surface area contributed by atoms with Gasteiger partial charge in [-0.25, -0.2) is 4.79 Å². The number of alkyl carbamates (subject to hydrolysis) is 1. The van der Waals surface area contributed by atoms with Crippen LogP contribution in [0, 0.1) is 11.3 Å². The molecule has 31 heavy (non-hydrogen) atoms. The molecule has 1 aliphatic carbocycles. The predicted octanol–water partition coefficient (Wildman–Crippen LogP) is 4.66. The lowest BCUT2D eigenvalue weighted by molar-refractivity contribution is 0.103. The molecule has 0 saturated carbocycles. The number of rotatable bonds is 5. The lowest BCUT2D eigenvalue weighted by Gasteiger charge is -2.17. The highest BCUT2D eigenvalue weighted by Gasteiger charge is 2.17. The number of benzene rings is 2. The first-order valence-electron chi connectivity index (χ1n) is 9.73. The molecule has 158 valence electrons. The second-order valence-corrected chi connectivity index (χ2v) is 7.55. The monoisotopic (exact) mass is 433 g/mol. The molecule has 0 fully saturated rings. The molecule has 0 radical (unpaired) electrons. The Hall–Kier alpha value is -3.58. The molecule has 1 amide bonds. The third-order valence-corrected chi connectivity index (χ3v) is 5.07. The van der Waals surface area contributed by atoms with Gasteiger partial charge in [-0.05, 0) is 54.1 Å². The molecule has 0 bridgehead atoms. The van der Waals surface area contributed by atoms with Crippen LogP contribution in [0.2, 0.25) is 0 Å². The minimum Gasteiger partial charge on any atom is -0.453 e. The van der Waals surface area contributed by atoms with Gasteiger partial charge in [0.1, 0.15) is 0 Å². The number of allylic oxidation sites excluding steroid dienone is 4. The second kappa shape index (κ2) is 9.95. The number of methoxy groups -OCH3 is 1. The zero-order chi connectivity index (χ0) is 22.4. The maximum absolute atomic E-state index is 13.1. The van der Waals surface area contributed by atoms with Crippen molar-refractivity contribution in [3.8, 4) is 0 Å². The van der Waals surface area contributed by atoms with Gasteiger partial charge in [0.25, 0.3) is 0 Å². The molecule has 2 aromatic carbocycles. The van der Waals surface area contributed by atoms with Crippen molar-refractivity contribution in [2.75, 3.05) is 12.4 Å². The summed E-state index contributed by atoms with van der Waals surface area (Å²) in [4.78, 5) is 24.5. The Labute approximate surface area is 186 Å². The van der Waals surface area contributed by atoms with E-state index < -0.39 is 6.09 Å². The predicted molar refractivity (Wildman–Crippen MR) is 126 cm³/mol. The molecule has 6 nitrogen and oxygen atoms in total. The van der Waals surface area contributed by atoms with E-state index in [4.69, 9.17) is 17.6 Å². The molecule has 0 heterocycles. The molecule has 1 atom stereocenters. The molecule has 3 N–H and O–H groups in total. The second-order valence-electron chi connectivity index (χ2n) is 7.14. The topological polar surface area (TPSA) is 91.3 Å². The first kappa shape index (κ1) is 22.1. The first-order chi connectivity index (χ1) is 14.9. The standard InChI is InChI=1S/C24H23N3O3S/c1-15-8-9-16(13-21(15)25)12-18-14-19(26-23(31)27-24(29)30-2)10-11-20(18)22(28)17-6-4-3-5-7-17/h3-11,13-15,25H,12H2,1-2H3,(H2,26,27,29,31). The van der Waals surface area contributed by atoms with Gasteiger partial charge < -0.3 is 15.5 Å². The Balaban J connectivity index is 1.93. The zero-order valence-corrected chi connectivity index (χ0v) is 18.1. The minimum absolute atomic E-state index is 0.0731. The van der Waals surface area contributed by atoms with E-state index in [1.807, 2.05) is 49.4 Å². The van der Waals surface area contributed by atoms with E-state index in [2.05, 4.69) is 15.4 Å². The molecule has 1 aliphatic rings. The number of thiocarbonyl (C=S) groups is 1. The lowest BCUT2D eigenvalue weighted by atomic mass is 9.89. The van der Waals surface area contributed by atoms with Crippen LogP contribution in [0.25, 0.3) is 0 Å². The molecule has 0 aliphatic heterocycles. The summed E-state index contributed by atoms with van der Waals surface area (Å²) in [6.07, 6.45) is 5.62. The third-order valence-electron chi connectivity index (χ3n) is 4.87. The number of amides is 1. The summed E-state index contributed by atoms with van der Waals surface area (Å²) in [5.74, 6) is -0.00909. The molecule has 0 aromatic heterocycles. The van der Waals surface area contributed by atoms with Crippen molar-refractivity contribution in [3.05, 3.63) is 89.0 Å². The maximum atomic E-state index is 13.1. The highest BCUT2D eigenvalue weighted by molar-refractivity contribution is 7.80. The van der Waals surface area contributed by atoms with Crippen LogP contribution in [0.5, 0.6) is 0 Å². The lowest BCUT2D eigenvalue weighted by Crippen LogP contribution is -2.33. The van der Waals surface area contributed by atoms with E-state index in [-0.39, 0.29) is 16.8 Å². The molecule has 3 rings (SSSR count). The molecule has 0 saturated heterocycles. The fourth-order valence-corrected chi connectivity index (χ4v) is 3.37. The number of nitrogens with one attached hydrogen (secondary N) is 3. The number of hydrogen-bond acceptors (Lipinski definition) is 5. The van der Waals surface area contributed by atoms with E-state index in [1.165, 1.54) is 7.11 Å². The highest BCUT2D eigenvalue weighted by atomic mass is 32.1. The van der Waals surface area contributed by atoms with Crippen molar-refractivity contribution in [3.63, 3.8) is 0 Å². The summed E-state index contributed by atoms with van der Waals surface area (Å²) >= 11 is 5.13. The summed E-state index contributed by atoms with van der Waals surface area (Å²) in [6.45, 7) is 1.97. The number of anilines is 1. The van der Waals surface area contributed by atoms with Gasteiger partial charge in [-0.2, -0.15) is 0 Å². The van der Waals surface area contributed by atoms with Crippen LogP contribution in [0.3, 0.4) is 0 Å². The van der Waals surface area contributed by atoms with Crippen LogP contribution in [-0.2, 0) is 11.2 Å². The Morgan fingerprint density at radius 3 is 2.58 bits per heavy atom. The van der Waals surface area contributed by atoms with Crippen molar-refractivity contribution in [2.24, 2.45) is 5.92 Å². The largest absolute Gasteiger partial charge is 0.453 e. The average Bonchev–Trinajstić information content (AvgIpc) is 2.76. The highest BCUT2D eigenvalue weighted by Crippen LogP contribution is 2.24. The van der Waals surface area contributed by atoms with E-state index in [0.717, 1.165) is 11.1 Å². The Morgan fingerprint density at radius 2 is 1.90 bits per heavy atom. The normalized spacial score (nSPS) is 15.1. The van der Waals surface area contributed by atoms with E-state index in [1.54, 1.807) is 24.3 Å². The van der Waals surface area contributed by atoms with Gasteiger partial charge >= 0.3 is 6.09 Å². The Morgan fingerprint density at radius 1 is 1.16 bits per heavy atom. The van der Waals surface area contributed by atoms with Crippen LogP contribution in [0.15, 0.2) is 72.3 Å². The molecule has 2 aromatic rings. The van der Waals surface area contributed by atoms with Crippen LogP contribution < -0.4 is 10.6 Å². The van der Waals surface area contributed by atoms with Crippen LogP contribution in [0.1, 0.15) is 28.4 Å². The Kier molecular flexibility index (Phi) is 7.10. The summed E-state index contributed by atoms with van der Waals surface area (Å²) < 4.78 is 4.54. The quantitative estimate of drug-likeness (QED) is 0.471. The van der Waals surface area contributed by atoms with Gasteiger partial charge in [-0.3, -0.25) is 10.1 Å². The fraction of sp³-hybridized carbons (Fsp3) is 0.167. The molecule has 7 heteroatoms. The van der Waals surface area contributed by atoms with Gasteiger partial charge in [-0.1, -0.05) is 49.4 Å². The van der Waals surface area contributed by atoms with Gasteiger partial charge in [0.15, 0.2) is 10.9 Å². The van der Waals surface area contributed by atoms with Crippen molar-refractivity contribution in [2.45, 2.75) is 13.3 Å².